The number of nitrogens with zero attached hydrogens (tertiary/aromatic N) is 1. The summed E-state index contributed by atoms with van der Waals surface area (Å²) in [6.45, 7) is 4.32. The lowest BCUT2D eigenvalue weighted by Gasteiger charge is -2.20. The van der Waals surface area contributed by atoms with Crippen LogP contribution in [0.4, 0.5) is 0 Å². The lowest BCUT2D eigenvalue weighted by molar-refractivity contribution is 0.178. The van der Waals surface area contributed by atoms with E-state index >= 15 is 0 Å². The number of aromatic nitrogens is 3. The third-order valence-electron chi connectivity index (χ3n) is 2.77. The van der Waals surface area contributed by atoms with Crippen LogP contribution in [-0.2, 0) is 5.75 Å². The fraction of sp³-hybridized carbons (Fsp3) is 0.500. The molecule has 0 aliphatic rings. The van der Waals surface area contributed by atoms with E-state index in [-0.39, 0.29) is 6.10 Å². The lowest BCUT2D eigenvalue weighted by Crippen LogP contribution is -2.22. The van der Waals surface area contributed by atoms with Gasteiger partial charge in [-0.15, -0.1) is 11.3 Å². The van der Waals surface area contributed by atoms with E-state index < -0.39 is 0 Å². The highest BCUT2D eigenvalue weighted by molar-refractivity contribution is 7.98. The van der Waals surface area contributed by atoms with Crippen molar-refractivity contribution in [3.8, 4) is 5.06 Å². The maximum Gasteiger partial charge on any atom is 0.192 e. The average molecular weight is 315 g/mol. The summed E-state index contributed by atoms with van der Waals surface area (Å²) in [5, 5.41) is 9.83. The predicted octanol–water partition coefficient (Wildman–Crippen LogP) is 3.87. The second-order valence-electron chi connectivity index (χ2n) is 4.37. The number of thioether (sulfide) groups is 1. The zero-order valence-electron chi connectivity index (χ0n) is 10.9. The van der Waals surface area contributed by atoms with E-state index in [9.17, 15) is 0 Å². The second kappa shape index (κ2) is 7.12. The van der Waals surface area contributed by atoms with Crippen molar-refractivity contribution < 1.29 is 4.74 Å². The van der Waals surface area contributed by atoms with Crippen LogP contribution in [0.5, 0.6) is 5.06 Å². The first kappa shape index (κ1) is 14.6. The first-order valence-corrected chi connectivity index (χ1v) is 8.51. The average Bonchev–Trinajstić information content (AvgIpc) is 3.01. The topological polar surface area (TPSA) is 53.7 Å². The van der Waals surface area contributed by atoms with Gasteiger partial charge >= 0.3 is 0 Å². The van der Waals surface area contributed by atoms with Gasteiger partial charge in [-0.2, -0.15) is 16.9 Å². The molecule has 0 saturated carbocycles. The molecule has 4 nitrogen and oxygen atoms in total. The fourth-order valence-electron chi connectivity index (χ4n) is 1.48. The standard InChI is InChI=1S/C12H17N3OS3/c1-8(9(2)16-11-4-3-5-19-11)6-18-7-10-13-12(17)15-14-10/h3-5,8-9H,6-7H2,1-2H3,(H2,13,14,15,17). The van der Waals surface area contributed by atoms with Crippen molar-refractivity contribution in [2.45, 2.75) is 25.7 Å². The highest BCUT2D eigenvalue weighted by Gasteiger charge is 2.14. The molecule has 0 fully saturated rings. The summed E-state index contributed by atoms with van der Waals surface area (Å²) >= 11 is 8.40. The minimum atomic E-state index is 0.212. The summed E-state index contributed by atoms with van der Waals surface area (Å²) < 4.78 is 6.46. The van der Waals surface area contributed by atoms with E-state index in [1.807, 2.05) is 29.3 Å². The van der Waals surface area contributed by atoms with E-state index in [0.29, 0.717) is 10.7 Å². The van der Waals surface area contributed by atoms with Gasteiger partial charge < -0.3 is 9.72 Å². The maximum atomic E-state index is 5.88. The quantitative estimate of drug-likeness (QED) is 0.762. The smallest absolute Gasteiger partial charge is 0.192 e. The van der Waals surface area contributed by atoms with E-state index in [2.05, 4.69) is 29.0 Å². The Balaban J connectivity index is 1.71. The van der Waals surface area contributed by atoms with Crippen LogP contribution < -0.4 is 4.74 Å². The van der Waals surface area contributed by atoms with Crippen LogP contribution in [-0.4, -0.2) is 27.0 Å². The van der Waals surface area contributed by atoms with Crippen molar-refractivity contribution in [1.82, 2.24) is 15.2 Å². The van der Waals surface area contributed by atoms with E-state index in [1.54, 1.807) is 11.3 Å². The predicted molar refractivity (Wildman–Crippen MR) is 83.5 cm³/mol. The molecule has 2 atom stereocenters. The van der Waals surface area contributed by atoms with E-state index in [1.165, 1.54) is 0 Å². The Kier molecular flexibility index (Phi) is 5.47. The van der Waals surface area contributed by atoms with Crippen molar-refractivity contribution >= 4 is 35.3 Å². The van der Waals surface area contributed by atoms with Crippen LogP contribution in [0.2, 0.25) is 0 Å². The molecule has 2 N–H and O–H groups in total. The van der Waals surface area contributed by atoms with Gasteiger partial charge in [-0.05, 0) is 42.4 Å². The Bertz CT molecular complexity index is 534. The highest BCUT2D eigenvalue weighted by Crippen LogP contribution is 2.23. The van der Waals surface area contributed by atoms with Crippen molar-refractivity contribution in [2.24, 2.45) is 5.92 Å². The van der Waals surface area contributed by atoms with Gasteiger partial charge in [0.25, 0.3) is 0 Å². The molecule has 0 saturated heterocycles. The zero-order chi connectivity index (χ0) is 13.7. The number of thiophene rings is 1. The van der Waals surface area contributed by atoms with Gasteiger partial charge in [-0.25, -0.2) is 0 Å². The summed E-state index contributed by atoms with van der Waals surface area (Å²) in [7, 11) is 0. The molecule has 2 aromatic rings. The zero-order valence-corrected chi connectivity index (χ0v) is 13.3. The molecule has 0 radical (unpaired) electrons. The second-order valence-corrected chi connectivity index (χ2v) is 6.72. The third-order valence-corrected chi connectivity index (χ3v) is 4.96. The molecule has 0 aromatic carbocycles. The monoisotopic (exact) mass is 315 g/mol. The number of hydrogen-bond acceptors (Lipinski definition) is 5. The fourth-order valence-corrected chi connectivity index (χ4v) is 3.39. The molecular weight excluding hydrogens is 298 g/mol. The summed E-state index contributed by atoms with van der Waals surface area (Å²) in [6.07, 6.45) is 0.212. The molecule has 2 aromatic heterocycles. The number of rotatable bonds is 7. The molecular formula is C12H17N3OS3. The van der Waals surface area contributed by atoms with Crippen molar-refractivity contribution in [2.75, 3.05) is 5.75 Å². The summed E-state index contributed by atoms with van der Waals surface area (Å²) in [5.41, 5.74) is 0. The Morgan fingerprint density at radius 3 is 3.00 bits per heavy atom. The Morgan fingerprint density at radius 1 is 1.53 bits per heavy atom. The molecule has 0 amide bonds. The number of ether oxygens (including phenoxy) is 1. The number of aromatic amines is 2. The van der Waals surface area contributed by atoms with Crippen LogP contribution in [0.3, 0.4) is 0 Å². The molecule has 2 unspecified atom stereocenters. The van der Waals surface area contributed by atoms with Gasteiger partial charge in [-0.1, -0.05) is 6.92 Å². The van der Waals surface area contributed by atoms with Crippen LogP contribution in [0.25, 0.3) is 0 Å². The van der Waals surface area contributed by atoms with Gasteiger partial charge in [0.05, 0.1) is 5.75 Å². The van der Waals surface area contributed by atoms with Gasteiger partial charge in [-0.3, -0.25) is 5.10 Å². The summed E-state index contributed by atoms with van der Waals surface area (Å²) in [5.74, 6) is 3.24. The summed E-state index contributed by atoms with van der Waals surface area (Å²) in [4.78, 5) is 3.01. The molecule has 0 aliphatic carbocycles. The molecule has 104 valence electrons. The molecule has 0 bridgehead atoms. The van der Waals surface area contributed by atoms with Gasteiger partial charge in [0.1, 0.15) is 11.9 Å². The number of hydrogen-bond donors (Lipinski definition) is 2. The first-order valence-electron chi connectivity index (χ1n) is 6.06. The first-order chi connectivity index (χ1) is 9.15. The Labute approximate surface area is 126 Å². The Morgan fingerprint density at radius 2 is 2.37 bits per heavy atom. The van der Waals surface area contributed by atoms with Crippen LogP contribution in [0, 0.1) is 10.7 Å². The van der Waals surface area contributed by atoms with Crippen molar-refractivity contribution in [3.05, 3.63) is 28.1 Å². The van der Waals surface area contributed by atoms with Crippen molar-refractivity contribution in [3.63, 3.8) is 0 Å². The van der Waals surface area contributed by atoms with E-state index in [0.717, 1.165) is 22.4 Å². The van der Waals surface area contributed by atoms with Gasteiger partial charge in [0.15, 0.2) is 9.83 Å². The Hall–Kier alpha value is -0.790. The molecule has 2 heterocycles. The molecule has 2 rings (SSSR count). The lowest BCUT2D eigenvalue weighted by atomic mass is 10.1. The largest absolute Gasteiger partial charge is 0.481 e. The SMILES string of the molecule is CC(CSCc1n[nH]c(=S)[nH]1)C(C)Oc1cccs1. The minimum Gasteiger partial charge on any atom is -0.481 e. The highest BCUT2D eigenvalue weighted by atomic mass is 32.2. The van der Waals surface area contributed by atoms with Crippen LogP contribution >= 0.6 is 35.3 Å². The van der Waals surface area contributed by atoms with Gasteiger partial charge in [0.2, 0.25) is 0 Å². The molecule has 0 spiro atoms. The van der Waals surface area contributed by atoms with Gasteiger partial charge in [0, 0.05) is 5.92 Å². The van der Waals surface area contributed by atoms with Crippen molar-refractivity contribution in [1.29, 1.82) is 0 Å². The normalized spacial score (nSPS) is 14.2. The third kappa shape index (κ3) is 4.67. The van der Waals surface area contributed by atoms with E-state index in [4.69, 9.17) is 17.0 Å². The minimum absolute atomic E-state index is 0.212. The number of H-pyrrole nitrogens is 2. The maximum absolute atomic E-state index is 5.88. The molecule has 19 heavy (non-hydrogen) atoms. The summed E-state index contributed by atoms with van der Waals surface area (Å²) in [6, 6.07) is 4.01. The van der Waals surface area contributed by atoms with Crippen LogP contribution in [0.15, 0.2) is 17.5 Å². The molecule has 0 aliphatic heterocycles. The molecule has 7 heteroatoms. The number of nitrogens with one attached hydrogen (secondary N) is 2. The van der Waals surface area contributed by atoms with Crippen LogP contribution in [0.1, 0.15) is 19.7 Å².